The first-order valence-electron chi connectivity index (χ1n) is 5.37. The molecule has 0 radical (unpaired) electrons. The van der Waals surface area contributed by atoms with E-state index in [2.05, 4.69) is 4.98 Å². The number of ether oxygens (including phenoxy) is 2. The molecule has 1 saturated heterocycles. The highest BCUT2D eigenvalue weighted by atomic mass is 32.2. The minimum atomic E-state index is -0.380. The van der Waals surface area contributed by atoms with E-state index in [1.807, 2.05) is 0 Å². The summed E-state index contributed by atoms with van der Waals surface area (Å²) in [6.45, 7) is 3.49. The van der Waals surface area contributed by atoms with Crippen molar-refractivity contribution in [3.05, 3.63) is 17.8 Å². The molecule has 0 aromatic carbocycles. The molecule has 2 rings (SSSR count). The molecule has 0 atom stereocenters. The van der Waals surface area contributed by atoms with E-state index in [4.69, 9.17) is 15.2 Å². The zero-order valence-corrected chi connectivity index (χ0v) is 10.3. The summed E-state index contributed by atoms with van der Waals surface area (Å²) in [4.78, 5) is 15.9. The number of rotatable bonds is 4. The van der Waals surface area contributed by atoms with Crippen LogP contribution < -0.4 is 5.73 Å². The standard InChI is InChI=1S/C11H14N2O3S/c1-2-16-11(14)9-3-7(12)4-13-10(9)17-8-5-15-6-8/h3-4,8H,2,5-6,12H2,1H3. The number of hydrogen-bond donors (Lipinski definition) is 1. The average molecular weight is 254 g/mol. The van der Waals surface area contributed by atoms with Gasteiger partial charge in [-0.25, -0.2) is 9.78 Å². The number of carbonyl (C=O) groups is 1. The Kier molecular flexibility index (Phi) is 3.86. The quantitative estimate of drug-likeness (QED) is 0.817. The summed E-state index contributed by atoms with van der Waals surface area (Å²) in [5, 5.41) is 1.02. The second kappa shape index (κ2) is 5.37. The molecule has 0 aliphatic carbocycles. The predicted octanol–water partition coefficient (Wildman–Crippen LogP) is 1.33. The molecule has 17 heavy (non-hydrogen) atoms. The summed E-state index contributed by atoms with van der Waals surface area (Å²) in [6.07, 6.45) is 1.55. The minimum Gasteiger partial charge on any atom is -0.462 e. The normalized spacial score (nSPS) is 15.4. The van der Waals surface area contributed by atoms with E-state index in [0.717, 1.165) is 0 Å². The Bertz CT molecular complexity index is 421. The van der Waals surface area contributed by atoms with Gasteiger partial charge < -0.3 is 15.2 Å². The number of thioether (sulfide) groups is 1. The number of anilines is 1. The molecule has 0 bridgehead atoms. The first kappa shape index (κ1) is 12.2. The molecule has 5 nitrogen and oxygen atoms in total. The zero-order valence-electron chi connectivity index (χ0n) is 9.51. The maximum atomic E-state index is 11.7. The SMILES string of the molecule is CCOC(=O)c1cc(N)cnc1SC1COC1. The highest BCUT2D eigenvalue weighted by molar-refractivity contribution is 8.00. The monoisotopic (exact) mass is 254 g/mol. The van der Waals surface area contributed by atoms with Crippen LogP contribution in [0.25, 0.3) is 0 Å². The highest BCUT2D eigenvalue weighted by Gasteiger charge is 2.24. The van der Waals surface area contributed by atoms with E-state index >= 15 is 0 Å². The second-order valence-corrected chi connectivity index (χ2v) is 4.91. The largest absolute Gasteiger partial charge is 0.462 e. The fourth-order valence-electron chi connectivity index (χ4n) is 1.36. The minimum absolute atomic E-state index is 0.338. The van der Waals surface area contributed by atoms with Crippen LogP contribution in [0.1, 0.15) is 17.3 Å². The molecular formula is C11H14N2O3S. The maximum absolute atomic E-state index is 11.7. The summed E-state index contributed by atoms with van der Waals surface area (Å²) in [7, 11) is 0. The van der Waals surface area contributed by atoms with Gasteiger partial charge >= 0.3 is 5.97 Å². The van der Waals surface area contributed by atoms with Crippen LogP contribution in [-0.4, -0.2) is 36.0 Å². The van der Waals surface area contributed by atoms with Crippen molar-refractivity contribution in [1.82, 2.24) is 4.98 Å². The van der Waals surface area contributed by atoms with Crippen molar-refractivity contribution in [1.29, 1.82) is 0 Å². The lowest BCUT2D eigenvalue weighted by Gasteiger charge is -2.25. The van der Waals surface area contributed by atoms with Gasteiger partial charge in [0.05, 0.1) is 42.5 Å². The first-order chi connectivity index (χ1) is 8.20. The number of nitrogens with two attached hydrogens (primary N) is 1. The third-order valence-electron chi connectivity index (χ3n) is 2.25. The van der Waals surface area contributed by atoms with Gasteiger partial charge in [0.25, 0.3) is 0 Å². The van der Waals surface area contributed by atoms with Crippen LogP contribution in [0.15, 0.2) is 17.3 Å². The van der Waals surface area contributed by atoms with Gasteiger partial charge in [-0.15, -0.1) is 0 Å². The van der Waals surface area contributed by atoms with E-state index in [-0.39, 0.29) is 5.97 Å². The molecular weight excluding hydrogens is 240 g/mol. The molecule has 0 unspecified atom stereocenters. The molecule has 1 fully saturated rings. The number of nitrogens with zero attached hydrogens (tertiary/aromatic N) is 1. The molecule has 92 valence electrons. The van der Waals surface area contributed by atoms with E-state index in [0.29, 0.717) is 41.3 Å². The van der Waals surface area contributed by atoms with Crippen molar-refractivity contribution >= 4 is 23.4 Å². The van der Waals surface area contributed by atoms with Crippen molar-refractivity contribution in [3.8, 4) is 0 Å². The third-order valence-corrected chi connectivity index (χ3v) is 3.41. The Balaban J connectivity index is 2.19. The number of aromatic nitrogens is 1. The number of pyridine rings is 1. The lowest BCUT2D eigenvalue weighted by Crippen LogP contribution is -2.30. The molecule has 1 aliphatic rings. The van der Waals surface area contributed by atoms with Crippen LogP contribution in [-0.2, 0) is 9.47 Å². The Morgan fingerprint density at radius 1 is 1.71 bits per heavy atom. The molecule has 0 saturated carbocycles. The number of esters is 1. The molecule has 2 heterocycles. The molecule has 0 amide bonds. The van der Waals surface area contributed by atoms with Gasteiger partial charge in [0.15, 0.2) is 0 Å². The Labute approximate surface area is 104 Å². The van der Waals surface area contributed by atoms with Crippen molar-refractivity contribution in [3.63, 3.8) is 0 Å². The van der Waals surface area contributed by atoms with E-state index < -0.39 is 0 Å². The first-order valence-corrected chi connectivity index (χ1v) is 6.25. The fraction of sp³-hybridized carbons (Fsp3) is 0.455. The number of hydrogen-bond acceptors (Lipinski definition) is 6. The topological polar surface area (TPSA) is 74.4 Å². The lowest BCUT2D eigenvalue weighted by atomic mass is 10.2. The van der Waals surface area contributed by atoms with Crippen LogP contribution in [0.5, 0.6) is 0 Å². The fourth-order valence-corrected chi connectivity index (χ4v) is 2.38. The van der Waals surface area contributed by atoms with Gasteiger partial charge in [-0.3, -0.25) is 0 Å². The second-order valence-electron chi connectivity index (χ2n) is 3.62. The van der Waals surface area contributed by atoms with Crippen molar-refractivity contribution in [2.45, 2.75) is 17.2 Å². The summed E-state index contributed by atoms with van der Waals surface area (Å²) in [5.41, 5.74) is 6.53. The molecule has 1 aliphatic heterocycles. The van der Waals surface area contributed by atoms with Crippen LogP contribution in [0, 0.1) is 0 Å². The van der Waals surface area contributed by atoms with Crippen LogP contribution in [0.3, 0.4) is 0 Å². The Morgan fingerprint density at radius 2 is 2.47 bits per heavy atom. The summed E-state index contributed by atoms with van der Waals surface area (Å²) in [5.74, 6) is -0.380. The number of nitrogen functional groups attached to an aromatic ring is 1. The zero-order chi connectivity index (χ0) is 12.3. The highest BCUT2D eigenvalue weighted by Crippen LogP contribution is 2.30. The van der Waals surface area contributed by atoms with Crippen LogP contribution in [0.2, 0.25) is 0 Å². The summed E-state index contributed by atoms with van der Waals surface area (Å²) >= 11 is 1.53. The van der Waals surface area contributed by atoms with Crippen LogP contribution in [0.4, 0.5) is 5.69 Å². The Hall–Kier alpha value is -1.27. The smallest absolute Gasteiger partial charge is 0.340 e. The predicted molar refractivity (Wildman–Crippen MR) is 65.1 cm³/mol. The molecule has 1 aromatic heterocycles. The van der Waals surface area contributed by atoms with Gasteiger partial charge in [-0.05, 0) is 13.0 Å². The molecule has 0 spiro atoms. The Morgan fingerprint density at radius 3 is 3.06 bits per heavy atom. The van der Waals surface area contributed by atoms with Gasteiger partial charge in [-0.2, -0.15) is 0 Å². The van der Waals surface area contributed by atoms with E-state index in [1.54, 1.807) is 19.2 Å². The van der Waals surface area contributed by atoms with Gasteiger partial charge in [0.2, 0.25) is 0 Å². The van der Waals surface area contributed by atoms with E-state index in [1.165, 1.54) is 11.8 Å². The third kappa shape index (κ3) is 2.89. The van der Waals surface area contributed by atoms with Crippen LogP contribution >= 0.6 is 11.8 Å². The summed E-state index contributed by atoms with van der Waals surface area (Å²) in [6, 6.07) is 1.60. The van der Waals surface area contributed by atoms with Crippen molar-refractivity contribution in [2.24, 2.45) is 0 Å². The van der Waals surface area contributed by atoms with Gasteiger partial charge in [0.1, 0.15) is 5.03 Å². The molecule has 2 N–H and O–H groups in total. The van der Waals surface area contributed by atoms with Gasteiger partial charge in [0, 0.05) is 0 Å². The molecule has 6 heteroatoms. The maximum Gasteiger partial charge on any atom is 0.340 e. The van der Waals surface area contributed by atoms with E-state index in [9.17, 15) is 4.79 Å². The van der Waals surface area contributed by atoms with Crippen molar-refractivity contribution < 1.29 is 14.3 Å². The average Bonchev–Trinajstić information content (AvgIpc) is 2.25. The lowest BCUT2D eigenvalue weighted by molar-refractivity contribution is 0.0452. The summed E-state index contributed by atoms with van der Waals surface area (Å²) < 4.78 is 10.1. The van der Waals surface area contributed by atoms with Gasteiger partial charge in [-0.1, -0.05) is 11.8 Å². The number of carbonyl (C=O) groups excluding carboxylic acids is 1. The van der Waals surface area contributed by atoms with Crippen molar-refractivity contribution in [2.75, 3.05) is 25.6 Å². The molecule has 1 aromatic rings.